The average Bonchev–Trinajstić information content (AvgIpc) is 3.29. The smallest absolute Gasteiger partial charge is 0.371 e. The van der Waals surface area contributed by atoms with Gasteiger partial charge in [-0.3, -0.25) is 9.59 Å². The first-order valence-corrected chi connectivity index (χ1v) is 12.1. The Labute approximate surface area is 220 Å². The first-order chi connectivity index (χ1) is 18.6. The molecule has 0 aliphatic carbocycles. The lowest BCUT2D eigenvalue weighted by Crippen LogP contribution is -2.43. The van der Waals surface area contributed by atoms with Gasteiger partial charge in [0.25, 0.3) is 5.91 Å². The highest BCUT2D eigenvalue weighted by Crippen LogP contribution is 2.39. The van der Waals surface area contributed by atoms with Gasteiger partial charge in [-0.25, -0.2) is 14.0 Å². The Morgan fingerprint density at radius 1 is 1.00 bits per heavy atom. The number of carbonyl (C=O) groups is 3. The van der Waals surface area contributed by atoms with E-state index in [-0.39, 0.29) is 35.1 Å². The molecule has 1 aliphatic heterocycles. The molecule has 198 valence electrons. The Bertz CT molecular complexity index is 1680. The molecule has 5 rings (SSSR count). The highest BCUT2D eigenvalue weighted by atomic mass is 19.1. The van der Waals surface area contributed by atoms with E-state index in [1.807, 2.05) is 30.3 Å². The van der Waals surface area contributed by atoms with Crippen molar-refractivity contribution in [3.63, 3.8) is 0 Å². The molecule has 0 radical (unpaired) electrons. The summed E-state index contributed by atoms with van der Waals surface area (Å²) in [5, 5.41) is 21.4. The second kappa shape index (κ2) is 10.1. The summed E-state index contributed by atoms with van der Waals surface area (Å²) in [6.45, 7) is 0. The van der Waals surface area contributed by atoms with Crippen molar-refractivity contribution in [2.45, 2.75) is 31.3 Å². The standard InChI is InChI=1S/C29H22FNO8/c30-19-12-20-22(32)14-24(27(34)35)38-25(20)21(13-19)31-26(33)17-8-9-23-18(11-17)15-29(39-23,28(36)37)10-4-7-16-5-2-1-3-6-16/h1-3,5-6,8-9,11-14H,4,7,10,15H2,(H,31,33)(H,34,35)(H,36,37). The van der Waals surface area contributed by atoms with E-state index < -0.39 is 40.5 Å². The van der Waals surface area contributed by atoms with E-state index in [2.05, 4.69) is 5.32 Å². The minimum atomic E-state index is -1.50. The van der Waals surface area contributed by atoms with Crippen molar-refractivity contribution in [3.05, 3.63) is 105 Å². The van der Waals surface area contributed by atoms with Gasteiger partial charge in [0.05, 0.1) is 11.1 Å². The van der Waals surface area contributed by atoms with E-state index in [1.165, 1.54) is 18.2 Å². The molecule has 0 fully saturated rings. The number of benzene rings is 3. The Morgan fingerprint density at radius 3 is 2.49 bits per heavy atom. The number of hydrogen-bond acceptors (Lipinski definition) is 6. The molecule has 1 unspecified atom stereocenters. The third-order valence-corrected chi connectivity index (χ3v) is 6.64. The maximum atomic E-state index is 14.2. The van der Waals surface area contributed by atoms with Crippen LogP contribution in [0, 0.1) is 5.82 Å². The van der Waals surface area contributed by atoms with Crippen molar-refractivity contribution in [2.24, 2.45) is 0 Å². The zero-order chi connectivity index (χ0) is 27.7. The molecule has 0 saturated carbocycles. The molecule has 0 bridgehead atoms. The van der Waals surface area contributed by atoms with Gasteiger partial charge in [-0.1, -0.05) is 30.3 Å². The Morgan fingerprint density at radius 2 is 1.77 bits per heavy atom. The molecule has 0 saturated heterocycles. The van der Waals surface area contributed by atoms with Crippen LogP contribution in [-0.4, -0.2) is 33.7 Å². The van der Waals surface area contributed by atoms with Crippen LogP contribution in [0.4, 0.5) is 10.1 Å². The molecule has 0 spiro atoms. The van der Waals surface area contributed by atoms with Crippen molar-refractivity contribution >= 4 is 34.5 Å². The number of ether oxygens (including phenoxy) is 1. The predicted octanol–water partition coefficient (Wildman–Crippen LogP) is 4.66. The molecule has 3 aromatic carbocycles. The number of carboxylic acids is 2. The Kier molecular flexibility index (Phi) is 6.61. The van der Waals surface area contributed by atoms with Crippen molar-refractivity contribution in [2.75, 3.05) is 5.32 Å². The van der Waals surface area contributed by atoms with Crippen LogP contribution in [0.1, 0.15) is 44.9 Å². The van der Waals surface area contributed by atoms with Crippen LogP contribution in [0.5, 0.6) is 5.75 Å². The van der Waals surface area contributed by atoms with Gasteiger partial charge in [0.1, 0.15) is 11.6 Å². The summed E-state index contributed by atoms with van der Waals surface area (Å²) in [5.74, 6) is -4.46. The molecule has 10 heteroatoms. The lowest BCUT2D eigenvalue weighted by molar-refractivity contribution is -0.154. The second-order valence-corrected chi connectivity index (χ2v) is 9.30. The number of nitrogens with one attached hydrogen (secondary N) is 1. The molecule has 1 amide bonds. The molecular formula is C29H22FNO8. The van der Waals surface area contributed by atoms with Gasteiger partial charge in [0.2, 0.25) is 11.4 Å². The van der Waals surface area contributed by atoms with E-state index in [0.717, 1.165) is 23.8 Å². The third kappa shape index (κ3) is 5.08. The van der Waals surface area contributed by atoms with Crippen molar-refractivity contribution in [1.82, 2.24) is 0 Å². The summed E-state index contributed by atoms with van der Waals surface area (Å²) in [4.78, 5) is 48.9. The lowest BCUT2D eigenvalue weighted by atomic mass is 9.90. The molecule has 3 N–H and O–H groups in total. The molecule has 9 nitrogen and oxygen atoms in total. The fraction of sp³-hybridized carbons (Fsp3) is 0.172. The summed E-state index contributed by atoms with van der Waals surface area (Å²) >= 11 is 0. The topological polar surface area (TPSA) is 143 Å². The molecule has 1 atom stereocenters. The van der Waals surface area contributed by atoms with Gasteiger partial charge in [0.15, 0.2) is 11.0 Å². The maximum Gasteiger partial charge on any atom is 0.371 e. The number of fused-ring (bicyclic) bond motifs is 2. The van der Waals surface area contributed by atoms with Gasteiger partial charge < -0.3 is 24.7 Å². The quantitative estimate of drug-likeness (QED) is 0.298. The molecule has 2 heterocycles. The van der Waals surface area contributed by atoms with Crippen molar-refractivity contribution in [1.29, 1.82) is 0 Å². The molecule has 39 heavy (non-hydrogen) atoms. The predicted molar refractivity (Wildman–Crippen MR) is 138 cm³/mol. The average molecular weight is 531 g/mol. The highest BCUT2D eigenvalue weighted by Gasteiger charge is 2.46. The first kappa shape index (κ1) is 25.7. The summed E-state index contributed by atoms with van der Waals surface area (Å²) in [5.41, 5.74) is -1.04. The molecule has 4 aromatic rings. The van der Waals surface area contributed by atoms with Crippen LogP contribution >= 0.6 is 0 Å². The maximum absolute atomic E-state index is 14.2. The SMILES string of the molecule is O=C(Nc1cc(F)cc2c(=O)cc(C(=O)O)oc12)c1ccc2c(c1)CC(CCCc1ccccc1)(C(=O)O)O2. The normalized spacial score (nSPS) is 15.9. The first-order valence-electron chi connectivity index (χ1n) is 12.1. The van der Waals surface area contributed by atoms with Crippen LogP contribution in [0.15, 0.2) is 75.9 Å². The fourth-order valence-electron chi connectivity index (χ4n) is 4.72. The largest absolute Gasteiger partial charge is 0.478 e. The summed E-state index contributed by atoms with van der Waals surface area (Å²) in [6, 6.07) is 16.6. The van der Waals surface area contributed by atoms with Gasteiger partial charge in [-0.15, -0.1) is 0 Å². The minimum Gasteiger partial charge on any atom is -0.478 e. The van der Waals surface area contributed by atoms with Crippen LogP contribution in [0.2, 0.25) is 0 Å². The van der Waals surface area contributed by atoms with E-state index in [1.54, 1.807) is 0 Å². The fourth-order valence-corrected chi connectivity index (χ4v) is 4.72. The van der Waals surface area contributed by atoms with E-state index >= 15 is 0 Å². The van der Waals surface area contributed by atoms with Crippen LogP contribution in [0.3, 0.4) is 0 Å². The summed E-state index contributed by atoms with van der Waals surface area (Å²) < 4.78 is 25.4. The number of hydrogen-bond donors (Lipinski definition) is 3. The Balaban J connectivity index is 1.38. The van der Waals surface area contributed by atoms with Crippen molar-refractivity contribution < 1.29 is 38.1 Å². The molecule has 1 aromatic heterocycles. The van der Waals surface area contributed by atoms with E-state index in [0.29, 0.717) is 24.2 Å². The number of amides is 1. The van der Waals surface area contributed by atoms with E-state index in [4.69, 9.17) is 9.15 Å². The second-order valence-electron chi connectivity index (χ2n) is 9.30. The summed E-state index contributed by atoms with van der Waals surface area (Å²) in [7, 11) is 0. The summed E-state index contributed by atoms with van der Waals surface area (Å²) in [6.07, 6.45) is 1.57. The molecular weight excluding hydrogens is 509 g/mol. The van der Waals surface area contributed by atoms with E-state index in [9.17, 15) is 33.8 Å². The van der Waals surface area contributed by atoms with Gasteiger partial charge in [-0.05, 0) is 54.7 Å². The lowest BCUT2D eigenvalue weighted by Gasteiger charge is -2.24. The number of aliphatic carboxylic acids is 1. The number of carboxylic acid groups (broad SMARTS) is 2. The number of carbonyl (C=O) groups excluding carboxylic acids is 1. The van der Waals surface area contributed by atoms with Crippen LogP contribution in [-0.2, 0) is 17.6 Å². The van der Waals surface area contributed by atoms with Crippen LogP contribution < -0.4 is 15.5 Å². The Hall–Kier alpha value is -4.99. The minimum absolute atomic E-state index is 0.0489. The number of aryl methyl sites for hydroxylation is 1. The monoisotopic (exact) mass is 531 g/mol. The highest BCUT2D eigenvalue weighted by molar-refractivity contribution is 6.08. The van der Waals surface area contributed by atoms with Gasteiger partial charge >= 0.3 is 11.9 Å². The number of halogens is 1. The van der Waals surface area contributed by atoms with Gasteiger partial charge in [-0.2, -0.15) is 0 Å². The van der Waals surface area contributed by atoms with Crippen LogP contribution in [0.25, 0.3) is 11.0 Å². The zero-order valence-corrected chi connectivity index (χ0v) is 20.4. The third-order valence-electron chi connectivity index (χ3n) is 6.64. The van der Waals surface area contributed by atoms with Gasteiger partial charge in [0, 0.05) is 24.1 Å². The number of aromatic carboxylic acids is 1. The number of anilines is 1. The number of rotatable bonds is 8. The zero-order valence-electron chi connectivity index (χ0n) is 20.4. The molecule has 1 aliphatic rings. The van der Waals surface area contributed by atoms with Crippen molar-refractivity contribution in [3.8, 4) is 5.75 Å².